The fraction of sp³-hybridized carbons (Fsp3) is 0.333. The van der Waals surface area contributed by atoms with Gasteiger partial charge >= 0.3 is 6.61 Å². The van der Waals surface area contributed by atoms with Gasteiger partial charge in [-0.1, -0.05) is 30.3 Å². The van der Waals surface area contributed by atoms with Crippen molar-refractivity contribution in [1.82, 2.24) is 15.5 Å². The number of halogens is 2. The van der Waals surface area contributed by atoms with Gasteiger partial charge in [-0.3, -0.25) is 14.5 Å². The van der Waals surface area contributed by atoms with Crippen LogP contribution in [0.4, 0.5) is 8.78 Å². The first-order valence-electron chi connectivity index (χ1n) is 13.1. The Morgan fingerprint density at radius 3 is 2.58 bits per heavy atom. The van der Waals surface area contributed by atoms with Crippen molar-refractivity contribution in [3.63, 3.8) is 0 Å². The van der Waals surface area contributed by atoms with Gasteiger partial charge in [0.2, 0.25) is 0 Å². The molecule has 0 unspecified atom stereocenters. The van der Waals surface area contributed by atoms with Crippen molar-refractivity contribution in [2.24, 2.45) is 0 Å². The van der Waals surface area contributed by atoms with Crippen LogP contribution in [0, 0.1) is 6.92 Å². The molecule has 3 aromatic rings. The Labute approximate surface area is 231 Å². The highest BCUT2D eigenvalue weighted by molar-refractivity contribution is 5.95. The van der Waals surface area contributed by atoms with Crippen LogP contribution in [-0.4, -0.2) is 55.2 Å². The lowest BCUT2D eigenvalue weighted by Crippen LogP contribution is -2.56. The molecule has 1 fully saturated rings. The van der Waals surface area contributed by atoms with Gasteiger partial charge in [-0.05, 0) is 66.4 Å². The Morgan fingerprint density at radius 1 is 1.05 bits per heavy atom. The molecule has 3 heterocycles. The fourth-order valence-corrected chi connectivity index (χ4v) is 4.86. The van der Waals surface area contributed by atoms with Crippen molar-refractivity contribution >= 4 is 11.8 Å². The normalized spacial score (nSPS) is 20.0. The van der Waals surface area contributed by atoms with E-state index in [1.165, 1.54) is 12.1 Å². The summed E-state index contributed by atoms with van der Waals surface area (Å²) in [7, 11) is 0. The third kappa shape index (κ3) is 7.06. The summed E-state index contributed by atoms with van der Waals surface area (Å²) in [4.78, 5) is 27.9. The molecule has 1 saturated heterocycles. The van der Waals surface area contributed by atoms with E-state index in [0.29, 0.717) is 43.1 Å². The molecule has 10 heteroatoms. The van der Waals surface area contributed by atoms with Crippen molar-refractivity contribution < 1.29 is 32.6 Å². The molecule has 8 nitrogen and oxygen atoms in total. The number of fused-ring (bicyclic) bond motifs is 7. The summed E-state index contributed by atoms with van der Waals surface area (Å²) in [6, 6.07) is 18.9. The Kier molecular flexibility index (Phi) is 8.45. The third-order valence-electron chi connectivity index (χ3n) is 7.01. The highest BCUT2D eigenvalue weighted by atomic mass is 19.3. The summed E-state index contributed by atoms with van der Waals surface area (Å²) in [6.45, 7) is 1.00. The van der Waals surface area contributed by atoms with E-state index in [1.807, 2.05) is 31.2 Å². The largest absolute Gasteiger partial charge is 0.488 e. The van der Waals surface area contributed by atoms with Gasteiger partial charge in [0.05, 0.1) is 6.04 Å². The van der Waals surface area contributed by atoms with Crippen LogP contribution < -0.4 is 24.8 Å². The lowest BCUT2D eigenvalue weighted by molar-refractivity contribution is -0.123. The quantitative estimate of drug-likeness (QED) is 0.509. The Morgan fingerprint density at radius 2 is 1.82 bits per heavy atom. The molecular formula is C30H31F2N3O5. The number of carbonyl (C=O) groups is 2. The maximum Gasteiger partial charge on any atom is 0.387 e. The Balaban J connectivity index is 1.36. The van der Waals surface area contributed by atoms with Crippen molar-refractivity contribution in [2.75, 3.05) is 19.7 Å². The molecule has 3 aliphatic heterocycles. The highest BCUT2D eigenvalue weighted by Gasteiger charge is 2.32. The second-order valence-electron chi connectivity index (χ2n) is 9.97. The summed E-state index contributed by atoms with van der Waals surface area (Å²) in [5, 5.41) is 5.98. The number of aryl methyl sites for hydroxylation is 1. The van der Waals surface area contributed by atoms with Crippen LogP contribution in [0.15, 0.2) is 66.7 Å². The third-order valence-corrected chi connectivity index (χ3v) is 7.01. The van der Waals surface area contributed by atoms with E-state index in [-0.39, 0.29) is 36.3 Å². The van der Waals surface area contributed by atoms with Crippen LogP contribution in [0.25, 0.3) is 0 Å². The predicted molar refractivity (Wildman–Crippen MR) is 144 cm³/mol. The van der Waals surface area contributed by atoms with Crippen LogP contribution in [-0.2, 0) is 17.9 Å². The second-order valence-corrected chi connectivity index (χ2v) is 9.97. The van der Waals surface area contributed by atoms with Crippen LogP contribution >= 0.6 is 0 Å². The van der Waals surface area contributed by atoms with Crippen LogP contribution in [0.2, 0.25) is 0 Å². The van der Waals surface area contributed by atoms with E-state index < -0.39 is 6.61 Å². The van der Waals surface area contributed by atoms with E-state index in [0.717, 1.165) is 23.2 Å². The number of likely N-dealkylation sites (tertiary alicyclic amines) is 1. The molecule has 2 amide bonds. The number of hydrogen-bond acceptors (Lipinski definition) is 6. The zero-order valence-electron chi connectivity index (χ0n) is 22.1. The number of nitrogens with zero attached hydrogens (tertiary/aromatic N) is 1. The van der Waals surface area contributed by atoms with E-state index in [2.05, 4.69) is 20.3 Å². The van der Waals surface area contributed by atoms with Gasteiger partial charge in [-0.25, -0.2) is 0 Å². The molecule has 0 radical (unpaired) electrons. The molecule has 0 spiro atoms. The summed E-state index contributed by atoms with van der Waals surface area (Å²) in [6.07, 6.45) is 0.391. The highest BCUT2D eigenvalue weighted by Crippen LogP contribution is 2.24. The Bertz CT molecular complexity index is 1330. The van der Waals surface area contributed by atoms with E-state index >= 15 is 0 Å². The molecule has 2 atom stereocenters. The molecule has 0 aliphatic carbocycles. The molecule has 0 aromatic heterocycles. The molecule has 40 heavy (non-hydrogen) atoms. The number of benzene rings is 3. The average Bonchev–Trinajstić information content (AvgIpc) is 2.94. The number of hydrogen-bond donors (Lipinski definition) is 2. The van der Waals surface area contributed by atoms with Crippen LogP contribution in [0.3, 0.4) is 0 Å². The van der Waals surface area contributed by atoms with Crippen molar-refractivity contribution in [2.45, 2.75) is 45.2 Å². The molecule has 6 rings (SSSR count). The first kappa shape index (κ1) is 27.4. The van der Waals surface area contributed by atoms with Crippen molar-refractivity contribution in [3.05, 3.63) is 89.0 Å². The summed E-state index contributed by atoms with van der Waals surface area (Å²) in [5.41, 5.74) is 3.09. The van der Waals surface area contributed by atoms with E-state index in [9.17, 15) is 18.4 Å². The first-order valence-corrected chi connectivity index (χ1v) is 13.1. The molecule has 4 bridgehead atoms. The molecular weight excluding hydrogens is 520 g/mol. The van der Waals surface area contributed by atoms with Gasteiger partial charge < -0.3 is 24.8 Å². The van der Waals surface area contributed by atoms with Gasteiger partial charge in [-0.15, -0.1) is 0 Å². The minimum absolute atomic E-state index is 0.110. The molecule has 0 saturated carbocycles. The number of ether oxygens (including phenoxy) is 3. The van der Waals surface area contributed by atoms with Crippen molar-refractivity contribution in [3.8, 4) is 17.2 Å². The molecule has 210 valence electrons. The summed E-state index contributed by atoms with van der Waals surface area (Å²) >= 11 is 0. The van der Waals surface area contributed by atoms with E-state index in [1.54, 1.807) is 30.3 Å². The number of carbonyl (C=O) groups excluding carboxylic acids is 2. The monoisotopic (exact) mass is 551 g/mol. The predicted octanol–water partition coefficient (Wildman–Crippen LogP) is 4.06. The smallest absolute Gasteiger partial charge is 0.387 e. The van der Waals surface area contributed by atoms with Gasteiger partial charge in [0.1, 0.15) is 23.4 Å². The van der Waals surface area contributed by atoms with Gasteiger partial charge in [0, 0.05) is 31.7 Å². The number of amides is 2. The maximum absolute atomic E-state index is 13.4. The fourth-order valence-electron chi connectivity index (χ4n) is 4.86. The van der Waals surface area contributed by atoms with Gasteiger partial charge in [0.25, 0.3) is 11.8 Å². The second kappa shape index (κ2) is 12.3. The first-order chi connectivity index (χ1) is 19.3. The molecule has 3 aliphatic rings. The molecule has 3 aromatic carbocycles. The van der Waals surface area contributed by atoms with Gasteiger partial charge in [-0.2, -0.15) is 8.78 Å². The van der Waals surface area contributed by atoms with Crippen molar-refractivity contribution in [1.29, 1.82) is 0 Å². The SMILES string of the molecule is Cc1ccc2cc1OCC(=O)NCc1ccc(cc1)O[C@H]1CCN(Cc3ccc(OC(F)F)cc3)C[C@@H]1NC2=O. The number of piperidine rings is 1. The number of alkyl halides is 2. The average molecular weight is 552 g/mol. The topological polar surface area (TPSA) is 89.1 Å². The van der Waals surface area contributed by atoms with Gasteiger partial charge in [0.15, 0.2) is 6.61 Å². The minimum atomic E-state index is -2.87. The zero-order chi connectivity index (χ0) is 28.1. The Hall–Kier alpha value is -4.18. The lowest BCUT2D eigenvalue weighted by atomic mass is 10.00. The van der Waals surface area contributed by atoms with Crippen LogP contribution in [0.5, 0.6) is 17.2 Å². The summed E-state index contributed by atoms with van der Waals surface area (Å²) in [5.74, 6) is 0.712. The standard InChI is InChI=1S/C30H31F2N3O5/c1-19-2-7-22-14-27(19)38-18-28(36)33-15-20-3-8-23(9-4-20)39-26-12-13-35(17-25(26)34-29(22)37)16-21-5-10-24(11-6-21)40-30(31)32/h2-11,14,25-26,30H,12-13,15-18H2,1H3,(H,33,36)(H,34,37)/t25-,26-/m0/s1. The van der Waals surface area contributed by atoms with E-state index in [4.69, 9.17) is 9.47 Å². The minimum Gasteiger partial charge on any atom is -0.488 e. The molecule has 2 N–H and O–H groups in total. The lowest BCUT2D eigenvalue weighted by Gasteiger charge is -2.39. The zero-order valence-corrected chi connectivity index (χ0v) is 22.1. The number of rotatable bonds is 4. The number of nitrogens with one attached hydrogen (secondary N) is 2. The van der Waals surface area contributed by atoms with Crippen LogP contribution in [0.1, 0.15) is 33.5 Å². The maximum atomic E-state index is 13.4. The summed E-state index contributed by atoms with van der Waals surface area (Å²) < 4.78 is 41.5.